The first-order valence-corrected chi connectivity index (χ1v) is 6.86. The number of phenolic OH excluding ortho intramolecular Hbond substituents is 1. The third kappa shape index (κ3) is 1.81. The normalized spacial score (nSPS) is 21.9. The zero-order valence-corrected chi connectivity index (χ0v) is 9.70. The molecule has 0 aromatic heterocycles. The van der Waals surface area contributed by atoms with Gasteiger partial charge in [-0.25, -0.2) is 8.42 Å². The van der Waals surface area contributed by atoms with E-state index in [0.717, 1.165) is 5.56 Å². The molecule has 5 heteroatoms. The molecule has 1 heterocycles. The lowest BCUT2D eigenvalue weighted by atomic mass is 10.1. The van der Waals surface area contributed by atoms with Gasteiger partial charge < -0.3 is 10.8 Å². The van der Waals surface area contributed by atoms with E-state index in [-0.39, 0.29) is 11.0 Å². The molecule has 1 aliphatic rings. The van der Waals surface area contributed by atoms with Crippen molar-refractivity contribution < 1.29 is 13.5 Å². The number of nitrogens with two attached hydrogens (primary N) is 1. The highest BCUT2D eigenvalue weighted by Crippen LogP contribution is 2.35. The summed E-state index contributed by atoms with van der Waals surface area (Å²) >= 11 is 0. The second-order valence-corrected chi connectivity index (χ2v) is 6.29. The van der Waals surface area contributed by atoms with Gasteiger partial charge in [-0.3, -0.25) is 0 Å². The summed E-state index contributed by atoms with van der Waals surface area (Å²) in [5.74, 6) is 0.119. The van der Waals surface area contributed by atoms with E-state index in [2.05, 4.69) is 0 Å². The topological polar surface area (TPSA) is 80.4 Å². The Morgan fingerprint density at radius 3 is 2.88 bits per heavy atom. The van der Waals surface area contributed by atoms with E-state index in [4.69, 9.17) is 5.73 Å². The Morgan fingerprint density at radius 2 is 2.19 bits per heavy atom. The van der Waals surface area contributed by atoms with Gasteiger partial charge in [0.1, 0.15) is 5.75 Å². The SMILES string of the molecule is NCCCC1Cc2cc(O)ccc2S1(=O)=O. The van der Waals surface area contributed by atoms with Crippen LogP contribution in [0.2, 0.25) is 0 Å². The van der Waals surface area contributed by atoms with Crippen molar-refractivity contribution in [3.8, 4) is 5.75 Å². The molecule has 3 N–H and O–H groups in total. The Bertz CT molecular complexity index is 496. The highest BCUT2D eigenvalue weighted by Gasteiger charge is 2.36. The number of rotatable bonds is 3. The largest absolute Gasteiger partial charge is 0.508 e. The Kier molecular flexibility index (Phi) is 2.90. The number of hydrogen-bond acceptors (Lipinski definition) is 4. The third-order valence-electron chi connectivity index (χ3n) is 2.97. The molecule has 0 fully saturated rings. The second kappa shape index (κ2) is 4.07. The van der Waals surface area contributed by atoms with Gasteiger partial charge in [0.15, 0.2) is 9.84 Å². The smallest absolute Gasteiger partial charge is 0.181 e. The molecule has 1 atom stereocenters. The van der Waals surface area contributed by atoms with E-state index < -0.39 is 9.84 Å². The molecule has 88 valence electrons. The van der Waals surface area contributed by atoms with Crippen LogP contribution >= 0.6 is 0 Å². The number of sulfone groups is 1. The minimum absolute atomic E-state index is 0.119. The van der Waals surface area contributed by atoms with Gasteiger partial charge in [-0.15, -0.1) is 0 Å². The van der Waals surface area contributed by atoms with Crippen LogP contribution in [0.5, 0.6) is 5.75 Å². The summed E-state index contributed by atoms with van der Waals surface area (Å²) < 4.78 is 24.2. The lowest BCUT2D eigenvalue weighted by molar-refractivity contribution is 0.474. The van der Waals surface area contributed by atoms with Gasteiger partial charge in [-0.1, -0.05) is 0 Å². The molecule has 0 amide bonds. The monoisotopic (exact) mass is 241 g/mol. The van der Waals surface area contributed by atoms with Crippen LogP contribution in [0.3, 0.4) is 0 Å². The highest BCUT2D eigenvalue weighted by atomic mass is 32.2. The van der Waals surface area contributed by atoms with Gasteiger partial charge in [0.05, 0.1) is 10.1 Å². The van der Waals surface area contributed by atoms with Gasteiger partial charge in [0.2, 0.25) is 0 Å². The summed E-state index contributed by atoms with van der Waals surface area (Å²) in [5, 5.41) is 8.95. The van der Waals surface area contributed by atoms with Crippen LogP contribution in [0.15, 0.2) is 23.1 Å². The molecule has 1 aromatic carbocycles. The molecule has 0 saturated carbocycles. The van der Waals surface area contributed by atoms with E-state index in [1.807, 2.05) is 0 Å². The minimum atomic E-state index is -3.20. The first kappa shape index (κ1) is 11.4. The summed E-state index contributed by atoms with van der Waals surface area (Å²) in [7, 11) is -3.20. The quantitative estimate of drug-likeness (QED) is 0.821. The van der Waals surface area contributed by atoms with Crippen molar-refractivity contribution in [2.45, 2.75) is 29.4 Å². The fraction of sp³-hybridized carbons (Fsp3) is 0.455. The van der Waals surface area contributed by atoms with Gasteiger partial charge >= 0.3 is 0 Å². The molecule has 16 heavy (non-hydrogen) atoms. The van der Waals surface area contributed by atoms with Crippen LogP contribution in [0.4, 0.5) is 0 Å². The molecule has 2 rings (SSSR count). The number of phenols is 1. The average molecular weight is 241 g/mol. The summed E-state index contributed by atoms with van der Waals surface area (Å²) in [6, 6.07) is 4.44. The lowest BCUT2D eigenvalue weighted by Gasteiger charge is -2.07. The minimum Gasteiger partial charge on any atom is -0.508 e. The number of benzene rings is 1. The van der Waals surface area contributed by atoms with E-state index in [1.54, 1.807) is 0 Å². The molecule has 1 aromatic rings. The Hall–Kier alpha value is -1.07. The Labute approximate surface area is 95.0 Å². The molecule has 1 aliphatic heterocycles. The fourth-order valence-corrected chi connectivity index (χ4v) is 4.14. The molecule has 1 unspecified atom stereocenters. The first-order valence-electron chi connectivity index (χ1n) is 5.31. The zero-order valence-electron chi connectivity index (χ0n) is 8.89. The van der Waals surface area contributed by atoms with Crippen molar-refractivity contribution >= 4 is 9.84 Å². The van der Waals surface area contributed by atoms with E-state index >= 15 is 0 Å². The Balaban J connectivity index is 2.34. The van der Waals surface area contributed by atoms with Crippen LogP contribution in [0.25, 0.3) is 0 Å². The van der Waals surface area contributed by atoms with Gasteiger partial charge in [0.25, 0.3) is 0 Å². The first-order chi connectivity index (χ1) is 7.55. The number of aromatic hydroxyl groups is 1. The van der Waals surface area contributed by atoms with Crippen molar-refractivity contribution in [2.75, 3.05) is 6.54 Å². The molecule has 0 saturated heterocycles. The standard InChI is InChI=1S/C11H15NO3S/c12-5-1-2-10-7-8-6-9(13)3-4-11(8)16(10,14)15/h3-4,6,10,13H,1-2,5,7,12H2. The summed E-state index contributed by atoms with van der Waals surface area (Å²) in [6.07, 6.45) is 1.80. The number of hydrogen-bond donors (Lipinski definition) is 2. The average Bonchev–Trinajstić information content (AvgIpc) is 2.47. The van der Waals surface area contributed by atoms with Crippen molar-refractivity contribution in [3.05, 3.63) is 23.8 Å². The summed E-state index contributed by atoms with van der Waals surface area (Å²) in [4.78, 5) is 0.368. The predicted molar refractivity (Wildman–Crippen MR) is 61.1 cm³/mol. The summed E-state index contributed by atoms with van der Waals surface area (Å²) in [6.45, 7) is 0.508. The second-order valence-electron chi connectivity index (χ2n) is 4.09. The van der Waals surface area contributed by atoms with E-state index in [1.165, 1.54) is 18.2 Å². The van der Waals surface area contributed by atoms with Gasteiger partial charge in [-0.05, 0) is 49.6 Å². The van der Waals surface area contributed by atoms with Crippen molar-refractivity contribution in [2.24, 2.45) is 5.73 Å². The van der Waals surface area contributed by atoms with Crippen LogP contribution in [0.1, 0.15) is 18.4 Å². The molecule has 0 aliphatic carbocycles. The van der Waals surface area contributed by atoms with Crippen molar-refractivity contribution in [3.63, 3.8) is 0 Å². The van der Waals surface area contributed by atoms with Crippen molar-refractivity contribution in [1.82, 2.24) is 0 Å². The van der Waals surface area contributed by atoms with Crippen LogP contribution in [-0.4, -0.2) is 25.3 Å². The van der Waals surface area contributed by atoms with Gasteiger partial charge in [0, 0.05) is 0 Å². The maximum Gasteiger partial charge on any atom is 0.181 e. The molecular weight excluding hydrogens is 226 g/mol. The van der Waals surface area contributed by atoms with E-state index in [9.17, 15) is 13.5 Å². The molecule has 0 spiro atoms. The molecule has 4 nitrogen and oxygen atoms in total. The summed E-state index contributed by atoms with van der Waals surface area (Å²) in [5.41, 5.74) is 6.11. The maximum atomic E-state index is 12.1. The highest BCUT2D eigenvalue weighted by molar-refractivity contribution is 7.92. The maximum absolute atomic E-state index is 12.1. The van der Waals surface area contributed by atoms with E-state index in [0.29, 0.717) is 30.7 Å². The lowest BCUT2D eigenvalue weighted by Crippen LogP contribution is -2.18. The third-order valence-corrected chi connectivity index (χ3v) is 5.26. The number of fused-ring (bicyclic) bond motifs is 1. The van der Waals surface area contributed by atoms with Crippen molar-refractivity contribution in [1.29, 1.82) is 0 Å². The zero-order chi connectivity index (χ0) is 11.8. The molecular formula is C11H15NO3S. The van der Waals surface area contributed by atoms with Crippen LogP contribution in [0, 0.1) is 0 Å². The van der Waals surface area contributed by atoms with Crippen LogP contribution < -0.4 is 5.73 Å². The molecule has 0 bridgehead atoms. The van der Waals surface area contributed by atoms with Gasteiger partial charge in [-0.2, -0.15) is 0 Å². The predicted octanol–water partition coefficient (Wildman–Crippen LogP) is 0.830. The molecule has 0 radical (unpaired) electrons. The fourth-order valence-electron chi connectivity index (χ4n) is 2.14. The van der Waals surface area contributed by atoms with Crippen LogP contribution in [-0.2, 0) is 16.3 Å². The Morgan fingerprint density at radius 1 is 1.44 bits per heavy atom.